The third-order valence-corrected chi connectivity index (χ3v) is 5.95. The molecule has 3 N–H and O–H groups in total. The topological polar surface area (TPSA) is 70.7 Å². The molecule has 0 radical (unpaired) electrons. The van der Waals surface area contributed by atoms with E-state index in [1.54, 1.807) is 40.0 Å². The lowest BCUT2D eigenvalue weighted by molar-refractivity contribution is -0.140. The first-order chi connectivity index (χ1) is 11.7. The van der Waals surface area contributed by atoms with Gasteiger partial charge in [-0.3, -0.25) is 9.69 Å². The standard InChI is InChI=1S/C19H27FN4O/c1-18(2)16(25)24(4)17(21)23-19(18,3)14-11-13(9-10-15(14)20)22-12-7-5-6-8-12/h9-12,22H,5-8H2,1-4H3,(H2,21,23)/t19-/m1/s1. The Hall–Kier alpha value is -2.11. The SMILES string of the molecule is CN1C(=O)C(C)(C)[C@@](C)(c2cc(NC3CCCC3)ccc2F)N=C1N. The summed E-state index contributed by atoms with van der Waals surface area (Å²) in [4.78, 5) is 18.6. The Morgan fingerprint density at radius 3 is 2.56 bits per heavy atom. The van der Waals surface area contributed by atoms with Crippen LogP contribution in [0, 0.1) is 11.2 Å². The normalized spacial score (nSPS) is 26.7. The van der Waals surface area contributed by atoms with Crippen LogP contribution in [0.5, 0.6) is 0 Å². The van der Waals surface area contributed by atoms with Crippen molar-refractivity contribution in [3.63, 3.8) is 0 Å². The van der Waals surface area contributed by atoms with E-state index in [4.69, 9.17) is 5.73 Å². The lowest BCUT2D eigenvalue weighted by atomic mass is 9.67. The molecule has 5 nitrogen and oxygen atoms in total. The number of nitrogens with two attached hydrogens (primary N) is 1. The summed E-state index contributed by atoms with van der Waals surface area (Å²) in [6.45, 7) is 5.36. The van der Waals surface area contributed by atoms with Crippen molar-refractivity contribution in [1.29, 1.82) is 0 Å². The number of anilines is 1. The molecule has 25 heavy (non-hydrogen) atoms. The van der Waals surface area contributed by atoms with Gasteiger partial charge in [0.2, 0.25) is 5.91 Å². The van der Waals surface area contributed by atoms with Gasteiger partial charge in [0.15, 0.2) is 5.96 Å². The van der Waals surface area contributed by atoms with Crippen LogP contribution in [0.25, 0.3) is 0 Å². The van der Waals surface area contributed by atoms with E-state index in [0.29, 0.717) is 11.6 Å². The third-order valence-electron chi connectivity index (χ3n) is 5.95. The molecule has 0 aromatic heterocycles. The first-order valence-electron chi connectivity index (χ1n) is 8.87. The fraction of sp³-hybridized carbons (Fsp3) is 0.579. The summed E-state index contributed by atoms with van der Waals surface area (Å²) in [6.07, 6.45) is 4.70. The van der Waals surface area contributed by atoms with Crippen molar-refractivity contribution in [1.82, 2.24) is 4.90 Å². The lowest BCUT2D eigenvalue weighted by Gasteiger charge is -2.46. The Morgan fingerprint density at radius 2 is 1.92 bits per heavy atom. The van der Waals surface area contributed by atoms with Crippen LogP contribution in [0.2, 0.25) is 0 Å². The second kappa shape index (κ2) is 6.00. The minimum Gasteiger partial charge on any atom is -0.382 e. The van der Waals surface area contributed by atoms with Crippen LogP contribution in [0.3, 0.4) is 0 Å². The molecule has 1 aliphatic heterocycles. The molecule has 3 rings (SSSR count). The molecule has 1 aromatic rings. The van der Waals surface area contributed by atoms with Gasteiger partial charge in [0, 0.05) is 24.3 Å². The summed E-state index contributed by atoms with van der Waals surface area (Å²) in [6, 6.07) is 5.40. The van der Waals surface area contributed by atoms with E-state index in [-0.39, 0.29) is 17.7 Å². The van der Waals surface area contributed by atoms with Gasteiger partial charge in [-0.15, -0.1) is 0 Å². The highest BCUT2D eigenvalue weighted by atomic mass is 19.1. The van der Waals surface area contributed by atoms with Crippen molar-refractivity contribution in [2.24, 2.45) is 16.1 Å². The van der Waals surface area contributed by atoms with Crippen LogP contribution < -0.4 is 11.1 Å². The molecule has 1 heterocycles. The number of carbonyl (C=O) groups is 1. The largest absolute Gasteiger partial charge is 0.382 e. The van der Waals surface area contributed by atoms with Crippen molar-refractivity contribution in [3.8, 4) is 0 Å². The van der Waals surface area contributed by atoms with Gasteiger partial charge in [0.1, 0.15) is 11.4 Å². The molecule has 1 saturated carbocycles. The monoisotopic (exact) mass is 346 g/mol. The highest BCUT2D eigenvalue weighted by Crippen LogP contribution is 2.47. The molecule has 0 bridgehead atoms. The summed E-state index contributed by atoms with van der Waals surface area (Å²) in [5.74, 6) is -0.433. The summed E-state index contributed by atoms with van der Waals surface area (Å²) >= 11 is 0. The number of carbonyl (C=O) groups excluding carboxylic acids is 1. The van der Waals surface area contributed by atoms with E-state index in [2.05, 4.69) is 10.3 Å². The number of hydrogen-bond donors (Lipinski definition) is 2. The molecule has 1 atom stereocenters. The smallest absolute Gasteiger partial charge is 0.237 e. The van der Waals surface area contributed by atoms with Crippen molar-refractivity contribution in [3.05, 3.63) is 29.6 Å². The number of aliphatic imine (C=N–C) groups is 1. The quantitative estimate of drug-likeness (QED) is 0.883. The van der Waals surface area contributed by atoms with Crippen LogP contribution in [0.15, 0.2) is 23.2 Å². The zero-order chi connectivity index (χ0) is 18.4. The van der Waals surface area contributed by atoms with E-state index in [0.717, 1.165) is 18.5 Å². The van der Waals surface area contributed by atoms with E-state index in [9.17, 15) is 9.18 Å². The van der Waals surface area contributed by atoms with Crippen molar-refractivity contribution in [2.75, 3.05) is 12.4 Å². The van der Waals surface area contributed by atoms with Crippen LogP contribution in [-0.2, 0) is 10.3 Å². The third kappa shape index (κ3) is 2.77. The zero-order valence-electron chi connectivity index (χ0n) is 15.4. The second-order valence-corrected chi connectivity index (χ2v) is 7.85. The van der Waals surface area contributed by atoms with Crippen LogP contribution >= 0.6 is 0 Å². The molecule has 1 fully saturated rings. The fourth-order valence-corrected chi connectivity index (χ4v) is 3.87. The predicted molar refractivity (Wildman–Crippen MR) is 97.8 cm³/mol. The number of amides is 1. The number of hydrogen-bond acceptors (Lipinski definition) is 4. The average Bonchev–Trinajstić information content (AvgIpc) is 3.06. The first-order valence-corrected chi connectivity index (χ1v) is 8.87. The van der Waals surface area contributed by atoms with Gasteiger partial charge >= 0.3 is 0 Å². The van der Waals surface area contributed by atoms with E-state index in [1.807, 2.05) is 0 Å². The molecule has 1 aromatic carbocycles. The minimum atomic E-state index is -1.07. The average molecular weight is 346 g/mol. The van der Waals surface area contributed by atoms with Gasteiger partial charge in [-0.2, -0.15) is 0 Å². The minimum absolute atomic E-state index is 0.111. The summed E-state index contributed by atoms with van der Waals surface area (Å²) in [5, 5.41) is 3.48. The molecule has 0 spiro atoms. The number of rotatable bonds is 3. The second-order valence-electron chi connectivity index (χ2n) is 7.85. The summed E-state index contributed by atoms with van der Waals surface area (Å²) < 4.78 is 14.7. The molecule has 6 heteroatoms. The first kappa shape index (κ1) is 17.7. The van der Waals surface area contributed by atoms with Crippen LogP contribution in [-0.4, -0.2) is 29.9 Å². The Labute approximate surface area is 148 Å². The number of halogens is 1. The van der Waals surface area contributed by atoms with E-state index < -0.39 is 11.0 Å². The van der Waals surface area contributed by atoms with E-state index in [1.165, 1.54) is 23.8 Å². The van der Waals surface area contributed by atoms with Crippen molar-refractivity contribution < 1.29 is 9.18 Å². The molecule has 0 unspecified atom stereocenters. The van der Waals surface area contributed by atoms with Gasteiger partial charge in [-0.1, -0.05) is 12.8 Å². The van der Waals surface area contributed by atoms with Crippen molar-refractivity contribution in [2.45, 2.75) is 58.0 Å². The molecule has 1 aliphatic carbocycles. The Morgan fingerprint density at radius 1 is 1.28 bits per heavy atom. The zero-order valence-corrected chi connectivity index (χ0v) is 15.4. The Kier molecular flexibility index (Phi) is 4.25. The Balaban J connectivity index is 2.05. The van der Waals surface area contributed by atoms with Gasteiger partial charge in [-0.05, 0) is 51.8 Å². The maximum atomic E-state index is 14.7. The van der Waals surface area contributed by atoms with Gasteiger partial charge in [0.05, 0.1) is 5.41 Å². The predicted octanol–water partition coefficient (Wildman–Crippen LogP) is 3.21. The fourth-order valence-electron chi connectivity index (χ4n) is 3.87. The van der Waals surface area contributed by atoms with Crippen LogP contribution in [0.4, 0.5) is 10.1 Å². The van der Waals surface area contributed by atoms with E-state index >= 15 is 0 Å². The molecular weight excluding hydrogens is 319 g/mol. The summed E-state index contributed by atoms with van der Waals surface area (Å²) in [7, 11) is 1.59. The van der Waals surface area contributed by atoms with Gasteiger partial charge in [-0.25, -0.2) is 9.38 Å². The lowest BCUT2D eigenvalue weighted by Crippen LogP contribution is -2.58. The Bertz CT molecular complexity index is 724. The number of benzene rings is 1. The number of guanidine groups is 1. The van der Waals surface area contributed by atoms with Crippen LogP contribution in [0.1, 0.15) is 52.0 Å². The highest BCUT2D eigenvalue weighted by Gasteiger charge is 2.53. The summed E-state index contributed by atoms with van der Waals surface area (Å²) in [5.41, 5.74) is 5.20. The van der Waals surface area contributed by atoms with Crippen molar-refractivity contribution >= 4 is 17.6 Å². The maximum absolute atomic E-state index is 14.7. The molecular formula is C19H27FN4O. The number of nitrogens with zero attached hydrogens (tertiary/aromatic N) is 2. The molecule has 2 aliphatic rings. The van der Waals surface area contributed by atoms with Gasteiger partial charge in [0.25, 0.3) is 0 Å². The molecule has 0 saturated heterocycles. The maximum Gasteiger partial charge on any atom is 0.237 e. The molecule has 136 valence electrons. The highest BCUT2D eigenvalue weighted by molar-refractivity contribution is 6.01. The molecule has 1 amide bonds. The number of nitrogens with one attached hydrogen (secondary N) is 1. The van der Waals surface area contributed by atoms with Gasteiger partial charge < -0.3 is 11.1 Å².